The Balaban J connectivity index is 0.00000169. The monoisotopic (exact) mass is 595 g/mol. The van der Waals surface area contributed by atoms with Crippen LogP contribution in [0.15, 0.2) is 46.8 Å². The summed E-state index contributed by atoms with van der Waals surface area (Å²) >= 11 is 0. The molecular formula is C30H50BN9O3. The number of hydrogen-bond acceptors (Lipinski definition) is 7. The lowest BCUT2D eigenvalue weighted by Gasteiger charge is -2.19. The third-order valence-electron chi connectivity index (χ3n) is 5.82. The molecule has 12 nitrogen and oxygen atoms in total. The maximum absolute atomic E-state index is 12.7. The van der Waals surface area contributed by atoms with Crippen LogP contribution in [-0.4, -0.2) is 69.5 Å². The van der Waals surface area contributed by atoms with E-state index < -0.39 is 6.04 Å². The van der Waals surface area contributed by atoms with Gasteiger partial charge in [-0.25, -0.2) is 0 Å². The van der Waals surface area contributed by atoms with Crippen LogP contribution in [0.1, 0.15) is 76.8 Å². The van der Waals surface area contributed by atoms with Gasteiger partial charge in [0, 0.05) is 37.3 Å². The van der Waals surface area contributed by atoms with Crippen molar-refractivity contribution in [2.75, 3.05) is 26.2 Å². The van der Waals surface area contributed by atoms with E-state index in [0.717, 1.165) is 56.5 Å². The molecule has 0 saturated heterocycles. The van der Waals surface area contributed by atoms with Crippen LogP contribution in [0.25, 0.3) is 0 Å². The zero-order valence-electron chi connectivity index (χ0n) is 26.1. The molecule has 8 N–H and O–H groups in total. The van der Waals surface area contributed by atoms with Gasteiger partial charge >= 0.3 is 0 Å². The third kappa shape index (κ3) is 20.6. The summed E-state index contributed by atoms with van der Waals surface area (Å²) in [7, 11) is 5.57. The molecule has 0 aliphatic rings. The number of amidine groups is 2. The summed E-state index contributed by atoms with van der Waals surface area (Å²) in [6.45, 7) is 11.8. The van der Waals surface area contributed by atoms with E-state index >= 15 is 0 Å². The van der Waals surface area contributed by atoms with Crippen molar-refractivity contribution < 1.29 is 14.4 Å². The van der Waals surface area contributed by atoms with Crippen LogP contribution in [0, 0.1) is 10.8 Å². The maximum Gasteiger partial charge on any atom is 0.242 e. The SMILES string of the molecule is CCCNC(=O)CCN.[B]CCCCC(NC(=O)Cc1ccc(C(=N)N=NC(C)=N)cc1)C(=O)NCC(=C)NCCCC. The fourth-order valence-corrected chi connectivity index (χ4v) is 3.46. The Kier molecular flexibility index (Phi) is 22.5. The molecule has 1 atom stereocenters. The van der Waals surface area contributed by atoms with E-state index in [2.05, 4.69) is 45.0 Å². The number of nitrogens with one attached hydrogen (secondary N) is 6. The Morgan fingerprint density at radius 3 is 2.23 bits per heavy atom. The number of benzene rings is 1. The first-order valence-electron chi connectivity index (χ1n) is 14.9. The lowest BCUT2D eigenvalue weighted by molar-refractivity contribution is -0.128. The predicted octanol–water partition coefficient (Wildman–Crippen LogP) is 3.13. The van der Waals surface area contributed by atoms with Crippen molar-refractivity contribution >= 4 is 37.2 Å². The van der Waals surface area contributed by atoms with E-state index in [9.17, 15) is 14.4 Å². The van der Waals surface area contributed by atoms with Gasteiger partial charge < -0.3 is 27.0 Å². The van der Waals surface area contributed by atoms with Crippen LogP contribution in [0.3, 0.4) is 0 Å². The number of nitrogens with zero attached hydrogens (tertiary/aromatic N) is 2. The van der Waals surface area contributed by atoms with Crippen LogP contribution < -0.4 is 27.0 Å². The maximum atomic E-state index is 12.7. The molecule has 0 aliphatic carbocycles. The Morgan fingerprint density at radius 2 is 1.65 bits per heavy atom. The van der Waals surface area contributed by atoms with Gasteiger partial charge in [-0.3, -0.25) is 25.2 Å². The Hall–Kier alpha value is -3.87. The smallest absolute Gasteiger partial charge is 0.242 e. The van der Waals surface area contributed by atoms with E-state index in [1.807, 2.05) is 6.92 Å². The van der Waals surface area contributed by atoms with Crippen LogP contribution in [0.5, 0.6) is 0 Å². The summed E-state index contributed by atoms with van der Waals surface area (Å²) in [6, 6.07) is 6.15. The fraction of sp³-hybridized carbons (Fsp3) is 0.567. The molecule has 236 valence electrons. The quantitative estimate of drug-likeness (QED) is 0.0423. The first-order valence-corrected chi connectivity index (χ1v) is 14.9. The highest BCUT2D eigenvalue weighted by Gasteiger charge is 2.20. The molecule has 3 amide bonds. The summed E-state index contributed by atoms with van der Waals surface area (Å²) < 4.78 is 0. The highest BCUT2D eigenvalue weighted by Crippen LogP contribution is 2.09. The summed E-state index contributed by atoms with van der Waals surface area (Å²) in [4.78, 5) is 35.9. The number of rotatable bonds is 19. The highest BCUT2D eigenvalue weighted by atomic mass is 16.2. The molecule has 0 spiro atoms. The average molecular weight is 596 g/mol. The minimum Gasteiger partial charge on any atom is -0.387 e. The minimum absolute atomic E-state index is 0.0140. The molecule has 0 aliphatic heterocycles. The van der Waals surface area contributed by atoms with Crippen molar-refractivity contribution in [1.82, 2.24) is 21.3 Å². The first-order chi connectivity index (χ1) is 20.6. The number of carbonyl (C=O) groups excluding carboxylic acids is 3. The van der Waals surface area contributed by atoms with Gasteiger partial charge in [0.2, 0.25) is 17.7 Å². The molecule has 0 saturated carbocycles. The minimum atomic E-state index is -0.653. The van der Waals surface area contributed by atoms with Crippen molar-refractivity contribution in [2.24, 2.45) is 16.0 Å². The van der Waals surface area contributed by atoms with Crippen LogP contribution >= 0.6 is 0 Å². The highest BCUT2D eigenvalue weighted by molar-refractivity contribution is 6.08. The second-order valence-electron chi connectivity index (χ2n) is 9.90. The second-order valence-corrected chi connectivity index (χ2v) is 9.90. The van der Waals surface area contributed by atoms with Gasteiger partial charge in [-0.15, -0.1) is 10.2 Å². The van der Waals surface area contributed by atoms with Crippen molar-refractivity contribution in [3.8, 4) is 0 Å². The van der Waals surface area contributed by atoms with E-state index in [1.54, 1.807) is 24.3 Å². The van der Waals surface area contributed by atoms with Crippen molar-refractivity contribution in [2.45, 2.75) is 84.5 Å². The van der Waals surface area contributed by atoms with E-state index in [-0.39, 0.29) is 35.8 Å². The van der Waals surface area contributed by atoms with Crippen molar-refractivity contribution in [1.29, 1.82) is 10.8 Å². The number of hydrogen-bond donors (Lipinski definition) is 7. The summed E-state index contributed by atoms with van der Waals surface area (Å²) in [5, 5.41) is 33.9. The molecule has 0 heterocycles. The standard InChI is InChI=1S/C24H36BN7O2.C6H14N2O/c1-4-5-14-28-17(2)16-29-24(34)21(8-6-7-13-25)30-22(33)15-19-9-11-20(12-10-19)23(27)32-31-18(3)26;1-2-5-8-6(9)3-4-7/h9-12,21,26-28H,2,4-8,13-16H2,1,3H3,(H,29,34)(H,30,33);2-5,7H2,1H3,(H,8,9). The second kappa shape index (κ2) is 24.7. The normalized spacial score (nSPS) is 11.1. The number of carbonyl (C=O) groups is 3. The molecule has 1 rings (SSSR count). The van der Waals surface area contributed by atoms with E-state index in [1.165, 1.54) is 6.92 Å². The summed E-state index contributed by atoms with van der Waals surface area (Å²) in [6.07, 6.45) is 6.15. The Bertz CT molecular complexity index is 1050. The molecule has 1 aromatic carbocycles. The van der Waals surface area contributed by atoms with Gasteiger partial charge in [-0.2, -0.15) is 0 Å². The molecular weight excluding hydrogens is 545 g/mol. The van der Waals surface area contributed by atoms with E-state index in [0.29, 0.717) is 37.8 Å². The lowest BCUT2D eigenvalue weighted by atomic mass is 9.97. The van der Waals surface area contributed by atoms with Gasteiger partial charge in [0.05, 0.1) is 20.8 Å². The van der Waals surface area contributed by atoms with Gasteiger partial charge in [0.15, 0.2) is 5.84 Å². The Morgan fingerprint density at radius 1 is 0.953 bits per heavy atom. The third-order valence-corrected chi connectivity index (χ3v) is 5.82. The molecule has 13 heteroatoms. The molecule has 0 bridgehead atoms. The molecule has 1 unspecified atom stereocenters. The van der Waals surface area contributed by atoms with Gasteiger partial charge in [0.25, 0.3) is 0 Å². The molecule has 2 radical (unpaired) electrons. The molecule has 1 aromatic rings. The first kappa shape index (κ1) is 39.1. The molecule has 43 heavy (non-hydrogen) atoms. The summed E-state index contributed by atoms with van der Waals surface area (Å²) in [5.41, 5.74) is 7.14. The summed E-state index contributed by atoms with van der Waals surface area (Å²) in [5.74, 6) is -0.515. The number of azo groups is 1. The van der Waals surface area contributed by atoms with Crippen LogP contribution in [0.4, 0.5) is 0 Å². The molecule has 0 fully saturated rings. The van der Waals surface area contributed by atoms with E-state index in [4.69, 9.17) is 24.4 Å². The molecule has 0 aromatic heterocycles. The van der Waals surface area contributed by atoms with Gasteiger partial charge in [0.1, 0.15) is 11.9 Å². The predicted molar refractivity (Wildman–Crippen MR) is 174 cm³/mol. The zero-order valence-corrected chi connectivity index (χ0v) is 26.1. The lowest BCUT2D eigenvalue weighted by Crippen LogP contribution is -2.48. The van der Waals surface area contributed by atoms with Crippen LogP contribution in [-0.2, 0) is 20.8 Å². The van der Waals surface area contributed by atoms with Crippen LogP contribution in [0.2, 0.25) is 6.32 Å². The number of nitrogens with two attached hydrogens (primary N) is 1. The zero-order chi connectivity index (χ0) is 32.5. The van der Waals surface area contributed by atoms with Gasteiger partial charge in [-0.05, 0) is 31.7 Å². The Labute approximate surface area is 257 Å². The topological polar surface area (TPSA) is 198 Å². The number of amides is 3. The van der Waals surface area contributed by atoms with Gasteiger partial charge in [-0.1, -0.05) is 70.3 Å². The van der Waals surface area contributed by atoms with Crippen molar-refractivity contribution in [3.05, 3.63) is 47.7 Å². The number of unbranched alkanes of at least 4 members (excludes halogenated alkanes) is 2. The average Bonchev–Trinajstić information content (AvgIpc) is 2.98. The fourth-order valence-electron chi connectivity index (χ4n) is 3.46. The van der Waals surface area contributed by atoms with Crippen molar-refractivity contribution in [3.63, 3.8) is 0 Å². The largest absolute Gasteiger partial charge is 0.387 e.